The Balaban J connectivity index is 0.00000242. The van der Waals surface area contributed by atoms with Crippen LogP contribution >= 0.6 is 24.8 Å². The molecule has 1 amide bonds. The topological polar surface area (TPSA) is 72.9 Å². The van der Waals surface area contributed by atoms with Gasteiger partial charge in [-0.05, 0) is 12.0 Å². The fraction of sp³-hybridized carbons (Fsp3) is 0.286. The van der Waals surface area contributed by atoms with Gasteiger partial charge in [0.25, 0.3) is 0 Å². The van der Waals surface area contributed by atoms with Gasteiger partial charge in [-0.3, -0.25) is 9.36 Å². The van der Waals surface area contributed by atoms with Crippen molar-refractivity contribution in [2.75, 3.05) is 0 Å². The van der Waals surface area contributed by atoms with Crippen LogP contribution in [-0.4, -0.2) is 21.5 Å². The molecule has 0 aliphatic carbocycles. The van der Waals surface area contributed by atoms with Crippen LogP contribution in [0.2, 0.25) is 0 Å². The molecule has 0 spiro atoms. The maximum Gasteiger partial charge on any atom is 0.319 e. The van der Waals surface area contributed by atoms with Crippen molar-refractivity contribution in [2.24, 2.45) is 5.73 Å². The predicted molar refractivity (Wildman–Crippen MR) is 87.9 cm³/mol. The maximum absolute atomic E-state index is 12.6. The van der Waals surface area contributed by atoms with Crippen LogP contribution < -0.4 is 11.1 Å². The van der Waals surface area contributed by atoms with Gasteiger partial charge in [-0.2, -0.15) is 8.78 Å². The molecule has 2 aromatic rings. The second kappa shape index (κ2) is 10.1. The quantitative estimate of drug-likeness (QED) is 0.823. The Morgan fingerprint density at radius 1 is 1.26 bits per heavy atom. The zero-order valence-electron chi connectivity index (χ0n) is 12.1. The lowest BCUT2D eigenvalue weighted by Gasteiger charge is -2.13. The van der Waals surface area contributed by atoms with Crippen LogP contribution in [0, 0.1) is 0 Å². The molecule has 0 aliphatic rings. The SMILES string of the molecule is Cl.Cl.NC(Cc1ccccc1)C(=O)NCc1nccn1C(F)F. The van der Waals surface area contributed by atoms with Crippen LogP contribution in [0.4, 0.5) is 8.78 Å². The summed E-state index contributed by atoms with van der Waals surface area (Å²) in [6.07, 6.45) is 2.81. The highest BCUT2D eigenvalue weighted by atomic mass is 35.5. The minimum atomic E-state index is -2.68. The number of carbonyl (C=O) groups excluding carboxylic acids is 1. The third kappa shape index (κ3) is 6.13. The Bertz CT molecular complexity index is 595. The molecule has 0 saturated carbocycles. The Morgan fingerprint density at radius 2 is 1.91 bits per heavy atom. The number of hydrogen-bond acceptors (Lipinski definition) is 3. The highest BCUT2D eigenvalue weighted by Gasteiger charge is 2.16. The fourth-order valence-electron chi connectivity index (χ4n) is 1.92. The van der Waals surface area contributed by atoms with Crippen LogP contribution in [0.1, 0.15) is 17.9 Å². The van der Waals surface area contributed by atoms with Crippen molar-refractivity contribution in [1.82, 2.24) is 14.9 Å². The smallest absolute Gasteiger partial charge is 0.319 e. The monoisotopic (exact) mass is 366 g/mol. The molecule has 0 radical (unpaired) electrons. The van der Waals surface area contributed by atoms with Gasteiger partial charge in [0.05, 0.1) is 12.6 Å². The second-order valence-corrected chi connectivity index (χ2v) is 4.54. The van der Waals surface area contributed by atoms with E-state index in [0.29, 0.717) is 11.0 Å². The Morgan fingerprint density at radius 3 is 2.52 bits per heavy atom. The largest absolute Gasteiger partial charge is 0.348 e. The first-order valence-electron chi connectivity index (χ1n) is 6.45. The number of amides is 1. The molecule has 1 aromatic carbocycles. The highest BCUT2D eigenvalue weighted by molar-refractivity contribution is 5.85. The number of nitrogens with one attached hydrogen (secondary N) is 1. The molecule has 1 heterocycles. The van der Waals surface area contributed by atoms with Gasteiger partial charge in [0.2, 0.25) is 5.91 Å². The molecule has 0 aliphatic heterocycles. The summed E-state index contributed by atoms with van der Waals surface area (Å²) in [5.74, 6) is -0.312. The lowest BCUT2D eigenvalue weighted by atomic mass is 10.1. The average Bonchev–Trinajstić information content (AvgIpc) is 2.94. The number of aromatic nitrogens is 2. The average molecular weight is 367 g/mol. The van der Waals surface area contributed by atoms with Crippen LogP contribution in [0.5, 0.6) is 0 Å². The van der Waals surface area contributed by atoms with Gasteiger partial charge in [0.1, 0.15) is 5.82 Å². The zero-order chi connectivity index (χ0) is 15.2. The van der Waals surface area contributed by atoms with E-state index in [4.69, 9.17) is 5.73 Å². The lowest BCUT2D eigenvalue weighted by Crippen LogP contribution is -2.42. The van der Waals surface area contributed by atoms with Crippen LogP contribution in [0.3, 0.4) is 0 Å². The number of benzene rings is 1. The van der Waals surface area contributed by atoms with Gasteiger partial charge >= 0.3 is 6.55 Å². The van der Waals surface area contributed by atoms with Crippen LogP contribution in [-0.2, 0) is 17.8 Å². The third-order valence-electron chi connectivity index (χ3n) is 3.02. The van der Waals surface area contributed by atoms with E-state index in [1.54, 1.807) is 0 Å². The molecule has 0 fully saturated rings. The third-order valence-corrected chi connectivity index (χ3v) is 3.02. The minimum Gasteiger partial charge on any atom is -0.348 e. The van der Waals surface area contributed by atoms with Crippen molar-refractivity contribution in [2.45, 2.75) is 25.6 Å². The van der Waals surface area contributed by atoms with Gasteiger partial charge in [-0.25, -0.2) is 4.98 Å². The van der Waals surface area contributed by atoms with E-state index >= 15 is 0 Å². The molecule has 5 nitrogen and oxygen atoms in total. The number of carbonyl (C=O) groups is 1. The Kier molecular flexibility index (Phi) is 9.40. The normalized spacial score (nSPS) is 11.3. The summed E-state index contributed by atoms with van der Waals surface area (Å²) >= 11 is 0. The number of imidazole rings is 1. The highest BCUT2D eigenvalue weighted by Crippen LogP contribution is 2.12. The number of nitrogens with zero attached hydrogens (tertiary/aromatic N) is 2. The summed E-state index contributed by atoms with van der Waals surface area (Å²) < 4.78 is 25.9. The van der Waals surface area contributed by atoms with Gasteiger partial charge < -0.3 is 11.1 Å². The minimum absolute atomic E-state index is 0. The molecule has 2 rings (SSSR count). The molecule has 1 unspecified atom stereocenters. The first-order chi connectivity index (χ1) is 10.1. The second-order valence-electron chi connectivity index (χ2n) is 4.54. The molecule has 0 saturated heterocycles. The van der Waals surface area contributed by atoms with E-state index in [1.807, 2.05) is 30.3 Å². The summed E-state index contributed by atoms with van der Waals surface area (Å²) in [7, 11) is 0. The standard InChI is InChI=1S/C14H16F2N4O.2ClH/c15-14(16)20-7-6-18-12(20)9-19-13(21)11(17)8-10-4-2-1-3-5-10;;/h1-7,11,14H,8-9,17H2,(H,19,21);2*1H. The van der Waals surface area contributed by atoms with Crippen molar-refractivity contribution in [1.29, 1.82) is 0 Å². The molecular weight excluding hydrogens is 349 g/mol. The number of rotatable bonds is 6. The van der Waals surface area contributed by atoms with Crippen molar-refractivity contribution >= 4 is 30.7 Å². The van der Waals surface area contributed by atoms with Crippen LogP contribution in [0.15, 0.2) is 42.7 Å². The predicted octanol–water partition coefficient (Wildman–Crippen LogP) is 2.31. The molecule has 9 heteroatoms. The summed E-state index contributed by atoms with van der Waals surface area (Å²) in [4.78, 5) is 15.6. The first-order valence-corrected chi connectivity index (χ1v) is 6.45. The van der Waals surface area contributed by atoms with Crippen molar-refractivity contribution in [3.63, 3.8) is 0 Å². The molecule has 1 aromatic heterocycles. The molecular formula is C14H18Cl2F2N4O. The fourth-order valence-corrected chi connectivity index (χ4v) is 1.92. The van der Waals surface area contributed by atoms with Gasteiger partial charge in [0.15, 0.2) is 0 Å². The van der Waals surface area contributed by atoms with E-state index in [9.17, 15) is 13.6 Å². The Labute approximate surface area is 145 Å². The van der Waals surface area contributed by atoms with E-state index in [2.05, 4.69) is 10.3 Å². The van der Waals surface area contributed by atoms with E-state index in [1.165, 1.54) is 6.20 Å². The molecule has 0 bridgehead atoms. The van der Waals surface area contributed by atoms with Crippen molar-refractivity contribution in [3.05, 3.63) is 54.1 Å². The van der Waals surface area contributed by atoms with E-state index in [-0.39, 0.29) is 37.2 Å². The van der Waals surface area contributed by atoms with E-state index < -0.39 is 18.5 Å². The summed E-state index contributed by atoms with van der Waals surface area (Å²) in [5.41, 5.74) is 6.74. The van der Waals surface area contributed by atoms with Crippen molar-refractivity contribution < 1.29 is 13.6 Å². The lowest BCUT2D eigenvalue weighted by molar-refractivity contribution is -0.122. The van der Waals surface area contributed by atoms with Gasteiger partial charge in [-0.1, -0.05) is 30.3 Å². The summed E-state index contributed by atoms with van der Waals surface area (Å²) in [6.45, 7) is -2.77. The number of halogens is 4. The zero-order valence-corrected chi connectivity index (χ0v) is 13.7. The van der Waals surface area contributed by atoms with Crippen molar-refractivity contribution in [3.8, 4) is 0 Å². The van der Waals surface area contributed by atoms with Gasteiger partial charge in [0, 0.05) is 12.4 Å². The summed E-state index contributed by atoms with van der Waals surface area (Å²) in [5, 5.41) is 2.52. The van der Waals surface area contributed by atoms with Gasteiger partial charge in [-0.15, -0.1) is 24.8 Å². The summed E-state index contributed by atoms with van der Waals surface area (Å²) in [6, 6.07) is 8.60. The molecule has 128 valence electrons. The number of alkyl halides is 2. The molecule has 23 heavy (non-hydrogen) atoms. The van der Waals surface area contributed by atoms with E-state index in [0.717, 1.165) is 11.8 Å². The number of hydrogen-bond donors (Lipinski definition) is 2. The molecule has 1 atom stereocenters. The Hall–Kier alpha value is -1.70. The first kappa shape index (κ1) is 21.3. The molecule has 3 N–H and O–H groups in total. The maximum atomic E-state index is 12.6. The van der Waals surface area contributed by atoms with Crippen LogP contribution in [0.25, 0.3) is 0 Å². The number of nitrogens with two attached hydrogens (primary N) is 1.